The Morgan fingerprint density at radius 1 is 1.54 bits per heavy atom. The van der Waals surface area contributed by atoms with E-state index < -0.39 is 0 Å². The number of hydrogen-bond acceptors (Lipinski definition) is 3. The number of rotatable bonds is 3. The predicted octanol–water partition coefficient (Wildman–Crippen LogP) is 0.960. The lowest BCUT2D eigenvalue weighted by molar-refractivity contribution is 0.0755. The second-order valence-corrected chi connectivity index (χ2v) is 4.70. The lowest BCUT2D eigenvalue weighted by Gasteiger charge is -2.45. The second kappa shape index (κ2) is 4.40. The molecule has 1 aliphatic rings. The molecule has 2 atom stereocenters. The van der Waals surface area contributed by atoms with Crippen molar-refractivity contribution in [1.29, 1.82) is 0 Å². The minimum atomic E-state index is 0.298. The van der Waals surface area contributed by atoms with E-state index in [1.165, 1.54) is 25.7 Å². The highest BCUT2D eigenvalue weighted by atomic mass is 15.3. The molecule has 1 aliphatic carbocycles. The van der Waals surface area contributed by atoms with Crippen molar-refractivity contribution in [2.75, 3.05) is 20.6 Å². The summed E-state index contributed by atoms with van der Waals surface area (Å²) in [5.74, 6) is 6.29. The van der Waals surface area contributed by atoms with E-state index in [2.05, 4.69) is 31.3 Å². The first-order valence-corrected chi connectivity index (χ1v) is 5.21. The molecule has 1 fully saturated rings. The molecule has 1 rings (SSSR count). The van der Waals surface area contributed by atoms with Crippen LogP contribution >= 0.6 is 0 Å². The van der Waals surface area contributed by atoms with Crippen molar-refractivity contribution in [2.24, 2.45) is 11.8 Å². The molecule has 78 valence electrons. The maximum Gasteiger partial charge on any atom is 0.0344 e. The fourth-order valence-electron chi connectivity index (χ4n) is 2.55. The quantitative estimate of drug-likeness (QED) is 0.508. The van der Waals surface area contributed by atoms with Gasteiger partial charge in [0.05, 0.1) is 0 Å². The van der Waals surface area contributed by atoms with Gasteiger partial charge in [-0.15, -0.1) is 0 Å². The summed E-state index contributed by atoms with van der Waals surface area (Å²) >= 11 is 0. The molecule has 0 aromatic rings. The average molecular weight is 185 g/mol. The van der Waals surface area contributed by atoms with Gasteiger partial charge in [-0.1, -0.05) is 19.8 Å². The topological polar surface area (TPSA) is 41.3 Å². The van der Waals surface area contributed by atoms with E-state index in [1.54, 1.807) is 0 Å². The molecular weight excluding hydrogens is 162 g/mol. The van der Waals surface area contributed by atoms with Gasteiger partial charge < -0.3 is 4.90 Å². The summed E-state index contributed by atoms with van der Waals surface area (Å²) in [4.78, 5) is 2.34. The summed E-state index contributed by atoms with van der Waals surface area (Å²) < 4.78 is 0. The van der Waals surface area contributed by atoms with Crippen molar-refractivity contribution in [3.8, 4) is 0 Å². The van der Waals surface area contributed by atoms with Crippen LogP contribution in [0.5, 0.6) is 0 Å². The Bertz CT molecular complexity index is 154. The molecular formula is C10H23N3. The SMILES string of the molecule is CC1CCCC(CNN)(N(C)C)C1. The van der Waals surface area contributed by atoms with Crippen molar-refractivity contribution in [3.05, 3.63) is 0 Å². The van der Waals surface area contributed by atoms with Gasteiger partial charge in [-0.3, -0.25) is 11.3 Å². The molecule has 1 saturated carbocycles. The van der Waals surface area contributed by atoms with Crippen LogP contribution in [0, 0.1) is 5.92 Å². The van der Waals surface area contributed by atoms with E-state index in [9.17, 15) is 0 Å². The molecule has 0 aliphatic heterocycles. The maximum absolute atomic E-state index is 5.45. The van der Waals surface area contributed by atoms with Gasteiger partial charge in [0, 0.05) is 12.1 Å². The zero-order valence-electron chi connectivity index (χ0n) is 9.14. The van der Waals surface area contributed by atoms with E-state index in [-0.39, 0.29) is 0 Å². The molecule has 13 heavy (non-hydrogen) atoms. The molecule has 0 bridgehead atoms. The average Bonchev–Trinajstić information content (AvgIpc) is 2.04. The number of likely N-dealkylation sites (N-methyl/N-ethyl adjacent to an activating group) is 1. The van der Waals surface area contributed by atoms with Crippen LogP contribution < -0.4 is 11.3 Å². The van der Waals surface area contributed by atoms with Crippen molar-refractivity contribution in [1.82, 2.24) is 10.3 Å². The summed E-state index contributed by atoms with van der Waals surface area (Å²) in [6.45, 7) is 3.25. The molecule has 0 aromatic carbocycles. The Kier molecular flexibility index (Phi) is 3.71. The molecule has 2 unspecified atom stereocenters. The zero-order valence-corrected chi connectivity index (χ0v) is 9.14. The van der Waals surface area contributed by atoms with E-state index in [0.717, 1.165) is 12.5 Å². The fraction of sp³-hybridized carbons (Fsp3) is 1.00. The minimum Gasteiger partial charge on any atom is -0.302 e. The monoisotopic (exact) mass is 185 g/mol. The summed E-state index contributed by atoms with van der Waals surface area (Å²) in [6, 6.07) is 0. The summed E-state index contributed by atoms with van der Waals surface area (Å²) in [5, 5.41) is 0. The lowest BCUT2D eigenvalue weighted by atomic mass is 9.75. The van der Waals surface area contributed by atoms with Gasteiger partial charge in [0.1, 0.15) is 0 Å². The molecule has 0 amide bonds. The summed E-state index contributed by atoms with van der Waals surface area (Å²) in [6.07, 6.45) is 5.25. The highest BCUT2D eigenvalue weighted by Gasteiger charge is 2.36. The summed E-state index contributed by atoms with van der Waals surface area (Å²) in [7, 11) is 4.32. The van der Waals surface area contributed by atoms with Crippen LogP contribution in [0.4, 0.5) is 0 Å². The molecule has 3 N–H and O–H groups in total. The standard InChI is InChI=1S/C10H23N3/c1-9-5-4-6-10(7-9,8-12-11)13(2)3/h9,12H,4-8,11H2,1-3H3. The second-order valence-electron chi connectivity index (χ2n) is 4.70. The number of nitrogens with one attached hydrogen (secondary N) is 1. The summed E-state index contributed by atoms with van der Waals surface area (Å²) in [5.41, 5.74) is 3.14. The van der Waals surface area contributed by atoms with Crippen LogP contribution in [0.1, 0.15) is 32.6 Å². The first-order valence-electron chi connectivity index (χ1n) is 5.21. The van der Waals surface area contributed by atoms with Crippen LogP contribution in [0.25, 0.3) is 0 Å². The first-order chi connectivity index (χ1) is 6.10. The Labute approximate surface area is 81.6 Å². The highest BCUT2D eigenvalue weighted by molar-refractivity contribution is 4.93. The smallest absolute Gasteiger partial charge is 0.0344 e. The zero-order chi connectivity index (χ0) is 9.90. The van der Waals surface area contributed by atoms with E-state index in [1.807, 2.05) is 0 Å². The normalized spacial score (nSPS) is 35.3. The van der Waals surface area contributed by atoms with Crippen molar-refractivity contribution < 1.29 is 0 Å². The fourth-order valence-corrected chi connectivity index (χ4v) is 2.55. The van der Waals surface area contributed by atoms with Gasteiger partial charge in [0.15, 0.2) is 0 Å². The third-order valence-electron chi connectivity index (χ3n) is 3.45. The molecule has 0 aromatic heterocycles. The maximum atomic E-state index is 5.45. The van der Waals surface area contributed by atoms with Crippen molar-refractivity contribution in [2.45, 2.75) is 38.1 Å². The van der Waals surface area contributed by atoms with Crippen LogP contribution in [-0.4, -0.2) is 31.1 Å². The van der Waals surface area contributed by atoms with Gasteiger partial charge in [-0.05, 0) is 32.9 Å². The molecule has 0 spiro atoms. The molecule has 0 saturated heterocycles. The number of hydrogen-bond donors (Lipinski definition) is 2. The van der Waals surface area contributed by atoms with E-state index in [0.29, 0.717) is 5.54 Å². The van der Waals surface area contributed by atoms with Gasteiger partial charge in [-0.2, -0.15) is 0 Å². The Hall–Kier alpha value is -0.120. The number of nitrogens with zero attached hydrogens (tertiary/aromatic N) is 1. The Morgan fingerprint density at radius 2 is 2.23 bits per heavy atom. The van der Waals surface area contributed by atoms with Crippen LogP contribution in [0.15, 0.2) is 0 Å². The number of hydrazine groups is 1. The van der Waals surface area contributed by atoms with Gasteiger partial charge >= 0.3 is 0 Å². The van der Waals surface area contributed by atoms with E-state index in [4.69, 9.17) is 5.84 Å². The number of nitrogens with two attached hydrogens (primary N) is 1. The third-order valence-corrected chi connectivity index (χ3v) is 3.45. The Balaban J connectivity index is 2.64. The Morgan fingerprint density at radius 3 is 2.69 bits per heavy atom. The van der Waals surface area contributed by atoms with Gasteiger partial charge in [0.25, 0.3) is 0 Å². The van der Waals surface area contributed by atoms with Gasteiger partial charge in [-0.25, -0.2) is 0 Å². The molecule has 3 nitrogen and oxygen atoms in total. The first kappa shape index (κ1) is 11.0. The van der Waals surface area contributed by atoms with Crippen molar-refractivity contribution >= 4 is 0 Å². The third kappa shape index (κ3) is 2.42. The van der Waals surface area contributed by atoms with Crippen LogP contribution in [-0.2, 0) is 0 Å². The van der Waals surface area contributed by atoms with Crippen LogP contribution in [0.3, 0.4) is 0 Å². The molecule has 0 heterocycles. The predicted molar refractivity (Wildman–Crippen MR) is 56.2 cm³/mol. The van der Waals surface area contributed by atoms with Crippen molar-refractivity contribution in [3.63, 3.8) is 0 Å². The van der Waals surface area contributed by atoms with Crippen LogP contribution in [0.2, 0.25) is 0 Å². The lowest BCUT2D eigenvalue weighted by Crippen LogP contribution is -2.55. The van der Waals surface area contributed by atoms with E-state index >= 15 is 0 Å². The largest absolute Gasteiger partial charge is 0.302 e. The van der Waals surface area contributed by atoms with Gasteiger partial charge in [0.2, 0.25) is 0 Å². The molecule has 0 radical (unpaired) electrons. The highest BCUT2D eigenvalue weighted by Crippen LogP contribution is 2.34. The molecule has 3 heteroatoms. The minimum absolute atomic E-state index is 0.298.